The summed E-state index contributed by atoms with van der Waals surface area (Å²) >= 11 is 0. The van der Waals surface area contributed by atoms with E-state index in [0.29, 0.717) is 23.9 Å². The first-order chi connectivity index (χ1) is 14.1. The van der Waals surface area contributed by atoms with Gasteiger partial charge >= 0.3 is 0 Å². The van der Waals surface area contributed by atoms with Gasteiger partial charge in [-0.3, -0.25) is 4.79 Å². The highest BCUT2D eigenvalue weighted by atomic mass is 16.5. The SMILES string of the molecule is COc1cccc(OCc2nc(C(=O)N(C)Cc3cnc4ccccn34)co2)c1. The van der Waals surface area contributed by atoms with Gasteiger partial charge in [0, 0.05) is 19.3 Å². The van der Waals surface area contributed by atoms with Crippen LogP contribution in [0.25, 0.3) is 5.65 Å². The van der Waals surface area contributed by atoms with Crippen LogP contribution in [0.1, 0.15) is 22.1 Å². The molecule has 0 saturated heterocycles. The zero-order valence-corrected chi connectivity index (χ0v) is 16.1. The Kier molecular flexibility index (Phi) is 5.15. The predicted octanol–water partition coefficient (Wildman–Crippen LogP) is 3.18. The maximum atomic E-state index is 12.7. The van der Waals surface area contributed by atoms with Crippen molar-refractivity contribution in [1.82, 2.24) is 19.3 Å². The van der Waals surface area contributed by atoms with Crippen molar-refractivity contribution in [2.24, 2.45) is 0 Å². The fraction of sp³-hybridized carbons (Fsp3) is 0.190. The highest BCUT2D eigenvalue weighted by Gasteiger charge is 2.18. The lowest BCUT2D eigenvalue weighted by Gasteiger charge is -2.15. The van der Waals surface area contributed by atoms with Crippen LogP contribution in [0.4, 0.5) is 0 Å². The molecule has 4 aromatic rings. The quantitative estimate of drug-likeness (QED) is 0.480. The third-order valence-corrected chi connectivity index (χ3v) is 4.41. The van der Waals surface area contributed by atoms with E-state index in [9.17, 15) is 4.79 Å². The van der Waals surface area contributed by atoms with Gasteiger partial charge in [-0.25, -0.2) is 9.97 Å². The van der Waals surface area contributed by atoms with Crippen molar-refractivity contribution in [1.29, 1.82) is 0 Å². The molecule has 8 heteroatoms. The minimum absolute atomic E-state index is 0.109. The second-order valence-electron chi connectivity index (χ2n) is 6.43. The lowest BCUT2D eigenvalue weighted by molar-refractivity contribution is 0.0777. The molecule has 0 N–H and O–H groups in total. The molecule has 0 spiro atoms. The number of aromatic nitrogens is 3. The van der Waals surface area contributed by atoms with Crippen LogP contribution in [0.2, 0.25) is 0 Å². The summed E-state index contributed by atoms with van der Waals surface area (Å²) in [5, 5.41) is 0. The molecule has 1 amide bonds. The average molecular weight is 392 g/mol. The molecule has 3 aromatic heterocycles. The van der Waals surface area contributed by atoms with Gasteiger partial charge in [-0.1, -0.05) is 12.1 Å². The van der Waals surface area contributed by atoms with Crippen molar-refractivity contribution < 1.29 is 18.7 Å². The van der Waals surface area contributed by atoms with Gasteiger partial charge in [-0.15, -0.1) is 0 Å². The van der Waals surface area contributed by atoms with Gasteiger partial charge in [0.2, 0.25) is 5.89 Å². The minimum Gasteiger partial charge on any atom is -0.497 e. The minimum atomic E-state index is -0.243. The van der Waals surface area contributed by atoms with Crippen LogP contribution < -0.4 is 9.47 Å². The Morgan fingerprint density at radius 3 is 2.93 bits per heavy atom. The molecule has 0 radical (unpaired) electrons. The van der Waals surface area contributed by atoms with Gasteiger partial charge < -0.3 is 23.2 Å². The van der Waals surface area contributed by atoms with Gasteiger partial charge in [-0.05, 0) is 24.3 Å². The lowest BCUT2D eigenvalue weighted by atomic mass is 10.3. The number of methoxy groups -OCH3 is 1. The van der Waals surface area contributed by atoms with Crippen LogP contribution in [0, 0.1) is 0 Å². The molecule has 0 unspecified atom stereocenters. The Balaban J connectivity index is 1.39. The number of pyridine rings is 1. The van der Waals surface area contributed by atoms with Gasteiger partial charge in [0.1, 0.15) is 23.4 Å². The van der Waals surface area contributed by atoms with Crippen molar-refractivity contribution in [2.45, 2.75) is 13.2 Å². The summed E-state index contributed by atoms with van der Waals surface area (Å²) in [4.78, 5) is 22.8. The number of fused-ring (bicyclic) bond motifs is 1. The molecule has 0 aliphatic heterocycles. The molecule has 29 heavy (non-hydrogen) atoms. The molecule has 148 valence electrons. The normalized spacial score (nSPS) is 10.8. The number of benzene rings is 1. The highest BCUT2D eigenvalue weighted by molar-refractivity contribution is 5.91. The summed E-state index contributed by atoms with van der Waals surface area (Å²) in [6.07, 6.45) is 5.02. The van der Waals surface area contributed by atoms with E-state index < -0.39 is 0 Å². The van der Waals surface area contributed by atoms with Crippen LogP contribution in [-0.4, -0.2) is 39.3 Å². The van der Waals surface area contributed by atoms with E-state index in [1.807, 2.05) is 40.9 Å². The van der Waals surface area contributed by atoms with Crippen molar-refractivity contribution in [2.75, 3.05) is 14.2 Å². The third-order valence-electron chi connectivity index (χ3n) is 4.41. The maximum absolute atomic E-state index is 12.7. The summed E-state index contributed by atoms with van der Waals surface area (Å²) < 4.78 is 18.1. The molecule has 1 aromatic carbocycles. The third kappa shape index (κ3) is 4.06. The first kappa shape index (κ1) is 18.5. The van der Waals surface area contributed by atoms with E-state index in [2.05, 4.69) is 9.97 Å². The van der Waals surface area contributed by atoms with Crippen LogP contribution in [0.15, 0.2) is 65.5 Å². The number of hydrogen-bond acceptors (Lipinski definition) is 6. The van der Waals surface area contributed by atoms with Gasteiger partial charge in [0.05, 0.1) is 25.5 Å². The van der Waals surface area contributed by atoms with E-state index in [4.69, 9.17) is 13.9 Å². The first-order valence-electron chi connectivity index (χ1n) is 9.02. The summed E-state index contributed by atoms with van der Waals surface area (Å²) in [6.45, 7) is 0.504. The summed E-state index contributed by atoms with van der Waals surface area (Å²) in [5.74, 6) is 1.39. The largest absolute Gasteiger partial charge is 0.497 e. The molecule has 0 aliphatic carbocycles. The molecule has 0 atom stereocenters. The molecule has 0 fully saturated rings. The van der Waals surface area contributed by atoms with Crippen molar-refractivity contribution >= 4 is 11.6 Å². The van der Waals surface area contributed by atoms with E-state index in [1.54, 1.807) is 37.4 Å². The molecule has 8 nitrogen and oxygen atoms in total. The van der Waals surface area contributed by atoms with Gasteiger partial charge in [0.15, 0.2) is 12.3 Å². The first-order valence-corrected chi connectivity index (χ1v) is 9.02. The Morgan fingerprint density at radius 1 is 1.21 bits per heavy atom. The number of nitrogens with zero attached hydrogens (tertiary/aromatic N) is 4. The number of oxazole rings is 1. The number of rotatable bonds is 7. The summed E-state index contributed by atoms with van der Waals surface area (Å²) in [5.41, 5.74) is 1.97. The van der Waals surface area contributed by atoms with Gasteiger partial charge in [0.25, 0.3) is 5.91 Å². The number of imidazole rings is 1. The average Bonchev–Trinajstić information content (AvgIpc) is 3.39. The fourth-order valence-electron chi connectivity index (χ4n) is 2.92. The monoisotopic (exact) mass is 392 g/mol. The van der Waals surface area contributed by atoms with Gasteiger partial charge in [-0.2, -0.15) is 0 Å². The zero-order chi connectivity index (χ0) is 20.2. The van der Waals surface area contributed by atoms with Crippen molar-refractivity contribution in [3.63, 3.8) is 0 Å². The second-order valence-corrected chi connectivity index (χ2v) is 6.43. The Labute approximate surface area is 167 Å². The topological polar surface area (TPSA) is 82.1 Å². The smallest absolute Gasteiger partial charge is 0.275 e. The standard InChI is InChI=1S/C21H20N4O4/c1-24(12-15-11-22-19-8-3-4-9-25(15)19)21(26)18-13-29-20(23-18)14-28-17-7-5-6-16(10-17)27-2/h3-11,13H,12,14H2,1-2H3. The van der Waals surface area contributed by atoms with E-state index in [1.165, 1.54) is 6.26 Å². The highest BCUT2D eigenvalue weighted by Crippen LogP contribution is 2.20. The Bertz CT molecular complexity index is 1130. The Hall–Kier alpha value is -3.81. The molecule has 4 rings (SSSR count). The molecule has 0 bridgehead atoms. The molecule has 0 aliphatic rings. The van der Waals surface area contributed by atoms with E-state index in [0.717, 1.165) is 11.3 Å². The maximum Gasteiger partial charge on any atom is 0.275 e. The van der Waals surface area contributed by atoms with Crippen LogP contribution >= 0.6 is 0 Å². The summed E-state index contributed by atoms with van der Waals surface area (Å²) in [7, 11) is 3.31. The summed E-state index contributed by atoms with van der Waals surface area (Å²) in [6, 6.07) is 13.0. The number of carbonyl (C=O) groups is 1. The molecule has 0 saturated carbocycles. The van der Waals surface area contributed by atoms with E-state index in [-0.39, 0.29) is 18.2 Å². The van der Waals surface area contributed by atoms with Crippen molar-refractivity contribution in [3.8, 4) is 11.5 Å². The van der Waals surface area contributed by atoms with Crippen LogP contribution in [-0.2, 0) is 13.2 Å². The predicted molar refractivity (Wildman–Crippen MR) is 105 cm³/mol. The number of amides is 1. The van der Waals surface area contributed by atoms with E-state index >= 15 is 0 Å². The number of ether oxygens (including phenoxy) is 2. The second kappa shape index (κ2) is 8.05. The van der Waals surface area contributed by atoms with Crippen LogP contribution in [0.5, 0.6) is 11.5 Å². The molecular weight excluding hydrogens is 372 g/mol. The fourth-order valence-corrected chi connectivity index (χ4v) is 2.92. The molecular formula is C21H20N4O4. The van der Waals surface area contributed by atoms with Crippen LogP contribution in [0.3, 0.4) is 0 Å². The number of carbonyl (C=O) groups excluding carboxylic acids is 1. The van der Waals surface area contributed by atoms with Crippen molar-refractivity contribution in [3.05, 3.63) is 78.4 Å². The molecule has 3 heterocycles. The lowest BCUT2D eigenvalue weighted by Crippen LogP contribution is -2.27. The number of hydrogen-bond donors (Lipinski definition) is 0. The Morgan fingerprint density at radius 2 is 2.07 bits per heavy atom. The zero-order valence-electron chi connectivity index (χ0n) is 16.1.